The van der Waals surface area contributed by atoms with E-state index in [4.69, 9.17) is 5.73 Å². The van der Waals surface area contributed by atoms with Crippen LogP contribution in [-0.2, 0) is 14.8 Å². The molecule has 7 heteroatoms. The van der Waals surface area contributed by atoms with E-state index in [0.717, 1.165) is 0 Å². The Bertz CT molecular complexity index is 405. The lowest BCUT2D eigenvalue weighted by Gasteiger charge is -2.22. The molecule has 0 aromatic carbocycles. The summed E-state index contributed by atoms with van der Waals surface area (Å²) >= 11 is 0. The number of rotatable bonds is 4. The average molecular weight is 261 g/mol. The summed E-state index contributed by atoms with van der Waals surface area (Å²) in [5.74, 6) is -0.232. The van der Waals surface area contributed by atoms with Gasteiger partial charge in [-0.2, -0.15) is 4.31 Å². The highest BCUT2D eigenvalue weighted by Crippen LogP contribution is 2.34. The van der Waals surface area contributed by atoms with Crippen LogP contribution in [0.5, 0.6) is 0 Å². The SMILES string of the molecule is CCNC(=O)[C@@H]1C[C@H](N)CN1S(=O)(=O)C1CC1. The van der Waals surface area contributed by atoms with Crippen LogP contribution in [0, 0.1) is 0 Å². The summed E-state index contributed by atoms with van der Waals surface area (Å²) in [6.07, 6.45) is 1.82. The molecule has 0 aromatic rings. The lowest BCUT2D eigenvalue weighted by atomic mass is 10.2. The normalized spacial score (nSPS) is 30.5. The van der Waals surface area contributed by atoms with Crippen molar-refractivity contribution in [1.29, 1.82) is 0 Å². The van der Waals surface area contributed by atoms with E-state index >= 15 is 0 Å². The van der Waals surface area contributed by atoms with Gasteiger partial charge in [-0.3, -0.25) is 4.79 Å². The number of nitrogens with one attached hydrogen (secondary N) is 1. The molecular weight excluding hydrogens is 242 g/mol. The van der Waals surface area contributed by atoms with Gasteiger partial charge in [-0.15, -0.1) is 0 Å². The summed E-state index contributed by atoms with van der Waals surface area (Å²) < 4.78 is 25.6. The summed E-state index contributed by atoms with van der Waals surface area (Å²) in [6.45, 7) is 2.58. The van der Waals surface area contributed by atoms with E-state index in [1.807, 2.05) is 6.92 Å². The third kappa shape index (κ3) is 2.46. The molecule has 2 aliphatic rings. The van der Waals surface area contributed by atoms with Crippen LogP contribution in [0.4, 0.5) is 0 Å². The highest BCUT2D eigenvalue weighted by molar-refractivity contribution is 7.90. The fourth-order valence-electron chi connectivity index (χ4n) is 2.21. The maximum absolute atomic E-state index is 12.2. The zero-order chi connectivity index (χ0) is 12.6. The third-order valence-electron chi connectivity index (χ3n) is 3.21. The van der Waals surface area contributed by atoms with Crippen molar-refractivity contribution < 1.29 is 13.2 Å². The molecule has 1 aliphatic carbocycles. The molecule has 2 fully saturated rings. The summed E-state index contributed by atoms with van der Waals surface area (Å²) in [5, 5.41) is 2.38. The van der Waals surface area contributed by atoms with E-state index < -0.39 is 16.1 Å². The lowest BCUT2D eigenvalue weighted by molar-refractivity contribution is -0.124. The van der Waals surface area contributed by atoms with E-state index in [0.29, 0.717) is 25.8 Å². The largest absolute Gasteiger partial charge is 0.355 e. The number of carbonyl (C=O) groups excluding carboxylic acids is 1. The van der Waals surface area contributed by atoms with Gasteiger partial charge in [-0.25, -0.2) is 8.42 Å². The quantitative estimate of drug-likeness (QED) is 0.680. The number of sulfonamides is 1. The minimum Gasteiger partial charge on any atom is -0.355 e. The number of nitrogens with two attached hydrogens (primary N) is 1. The molecule has 1 heterocycles. The van der Waals surface area contributed by atoms with E-state index in [9.17, 15) is 13.2 Å². The van der Waals surface area contributed by atoms with E-state index in [1.54, 1.807) is 0 Å². The molecule has 98 valence electrons. The van der Waals surface area contributed by atoms with Crippen molar-refractivity contribution in [3.8, 4) is 0 Å². The Labute approximate surface area is 102 Å². The first-order chi connectivity index (χ1) is 7.96. The molecule has 1 saturated carbocycles. The maximum atomic E-state index is 12.2. The van der Waals surface area contributed by atoms with Gasteiger partial charge >= 0.3 is 0 Å². The van der Waals surface area contributed by atoms with Gasteiger partial charge in [0.1, 0.15) is 6.04 Å². The zero-order valence-electron chi connectivity index (χ0n) is 9.93. The van der Waals surface area contributed by atoms with Crippen molar-refractivity contribution in [1.82, 2.24) is 9.62 Å². The highest BCUT2D eigenvalue weighted by atomic mass is 32.2. The second-order valence-electron chi connectivity index (χ2n) is 4.72. The van der Waals surface area contributed by atoms with Gasteiger partial charge in [0.15, 0.2) is 0 Å². The first-order valence-corrected chi connectivity index (χ1v) is 7.51. The van der Waals surface area contributed by atoms with Crippen LogP contribution < -0.4 is 11.1 Å². The van der Waals surface area contributed by atoms with Crippen molar-refractivity contribution in [2.75, 3.05) is 13.1 Å². The van der Waals surface area contributed by atoms with Crippen LogP contribution in [0.3, 0.4) is 0 Å². The third-order valence-corrected chi connectivity index (χ3v) is 5.59. The number of amides is 1. The number of likely N-dealkylation sites (N-methyl/N-ethyl adjacent to an activating group) is 1. The molecule has 2 atom stereocenters. The van der Waals surface area contributed by atoms with Crippen molar-refractivity contribution in [3.63, 3.8) is 0 Å². The van der Waals surface area contributed by atoms with E-state index in [-0.39, 0.29) is 23.7 Å². The molecule has 3 N–H and O–H groups in total. The molecule has 17 heavy (non-hydrogen) atoms. The number of carbonyl (C=O) groups is 1. The second-order valence-corrected chi connectivity index (χ2v) is 6.89. The number of hydrogen-bond donors (Lipinski definition) is 2. The fourth-order valence-corrected chi connectivity index (χ4v) is 4.26. The predicted molar refractivity (Wildman–Crippen MR) is 63.7 cm³/mol. The van der Waals surface area contributed by atoms with Gasteiger partial charge in [0.25, 0.3) is 0 Å². The van der Waals surface area contributed by atoms with Gasteiger partial charge in [0.05, 0.1) is 5.25 Å². The lowest BCUT2D eigenvalue weighted by Crippen LogP contribution is -2.46. The molecule has 1 amide bonds. The van der Waals surface area contributed by atoms with Gasteiger partial charge in [-0.1, -0.05) is 0 Å². The van der Waals surface area contributed by atoms with Gasteiger partial charge < -0.3 is 11.1 Å². The maximum Gasteiger partial charge on any atom is 0.238 e. The van der Waals surface area contributed by atoms with Crippen LogP contribution >= 0.6 is 0 Å². The molecule has 0 unspecified atom stereocenters. The molecule has 0 bridgehead atoms. The van der Waals surface area contributed by atoms with Crippen LogP contribution in [0.25, 0.3) is 0 Å². The van der Waals surface area contributed by atoms with Gasteiger partial charge in [0.2, 0.25) is 15.9 Å². The smallest absolute Gasteiger partial charge is 0.238 e. The molecule has 0 radical (unpaired) electrons. The van der Waals surface area contributed by atoms with Gasteiger partial charge in [-0.05, 0) is 26.2 Å². The van der Waals surface area contributed by atoms with Crippen LogP contribution in [-0.4, -0.2) is 49.1 Å². The van der Waals surface area contributed by atoms with Crippen molar-refractivity contribution >= 4 is 15.9 Å². The fraction of sp³-hybridized carbons (Fsp3) is 0.900. The Morgan fingerprint density at radius 3 is 2.65 bits per heavy atom. The summed E-state index contributed by atoms with van der Waals surface area (Å²) in [4.78, 5) is 11.8. The topological polar surface area (TPSA) is 92.5 Å². The minimum absolute atomic E-state index is 0.232. The second kappa shape index (κ2) is 4.55. The molecule has 0 aromatic heterocycles. The van der Waals surface area contributed by atoms with Gasteiger partial charge in [0, 0.05) is 19.1 Å². The Morgan fingerprint density at radius 1 is 1.47 bits per heavy atom. The molecule has 1 aliphatic heterocycles. The van der Waals surface area contributed by atoms with Crippen LogP contribution in [0.2, 0.25) is 0 Å². The Hall–Kier alpha value is -0.660. The van der Waals surface area contributed by atoms with Crippen LogP contribution in [0.15, 0.2) is 0 Å². The standard InChI is InChI=1S/C10H19N3O3S/c1-2-12-10(14)9-5-7(11)6-13(9)17(15,16)8-3-4-8/h7-9H,2-6,11H2,1H3,(H,12,14)/t7-,9-/m0/s1. The molecular formula is C10H19N3O3S. The molecule has 1 saturated heterocycles. The zero-order valence-corrected chi connectivity index (χ0v) is 10.7. The van der Waals surface area contributed by atoms with Crippen molar-refractivity contribution in [3.05, 3.63) is 0 Å². The van der Waals surface area contributed by atoms with E-state index in [2.05, 4.69) is 5.32 Å². The first-order valence-electron chi connectivity index (χ1n) is 6.00. The highest BCUT2D eigenvalue weighted by Gasteiger charge is 2.48. The van der Waals surface area contributed by atoms with Crippen molar-refractivity contribution in [2.45, 2.75) is 43.5 Å². The Balaban J connectivity index is 2.16. The molecule has 0 spiro atoms. The molecule has 6 nitrogen and oxygen atoms in total. The predicted octanol–water partition coefficient (Wildman–Crippen LogP) is -0.984. The average Bonchev–Trinajstić information content (AvgIpc) is 3.02. The monoisotopic (exact) mass is 261 g/mol. The van der Waals surface area contributed by atoms with Crippen LogP contribution in [0.1, 0.15) is 26.2 Å². The van der Waals surface area contributed by atoms with Crippen molar-refractivity contribution in [2.24, 2.45) is 5.73 Å². The number of hydrogen-bond acceptors (Lipinski definition) is 4. The first kappa shape index (κ1) is 12.8. The Kier molecular flexibility index (Phi) is 3.42. The summed E-state index contributed by atoms with van der Waals surface area (Å²) in [6, 6.07) is -0.855. The summed E-state index contributed by atoms with van der Waals surface area (Å²) in [7, 11) is -3.32. The minimum atomic E-state index is -3.32. The Morgan fingerprint density at radius 2 is 2.12 bits per heavy atom. The number of nitrogens with zero attached hydrogens (tertiary/aromatic N) is 1. The molecule has 2 rings (SSSR count). The summed E-state index contributed by atoms with van der Waals surface area (Å²) in [5.41, 5.74) is 5.78. The van der Waals surface area contributed by atoms with E-state index in [1.165, 1.54) is 4.31 Å².